The fourth-order valence-corrected chi connectivity index (χ4v) is 1.80. The van der Waals surface area contributed by atoms with E-state index in [-0.39, 0.29) is 0 Å². The number of hydrogen-bond acceptors (Lipinski definition) is 1. The molecule has 0 bridgehead atoms. The molecule has 2 fully saturated rings. The van der Waals surface area contributed by atoms with Crippen molar-refractivity contribution in [3.8, 4) is 0 Å². The van der Waals surface area contributed by atoms with E-state index in [0.29, 0.717) is 6.54 Å². The molecule has 0 amide bonds. The molecule has 2 heterocycles. The fourth-order valence-electron chi connectivity index (χ4n) is 1.80. The second-order valence-electron chi connectivity index (χ2n) is 2.92. The van der Waals surface area contributed by atoms with Crippen molar-refractivity contribution in [2.24, 2.45) is 0 Å². The first-order chi connectivity index (χ1) is 4.36. The van der Waals surface area contributed by atoms with Gasteiger partial charge in [0, 0.05) is 19.0 Å². The number of halogens is 1. The third-order valence-corrected chi connectivity index (χ3v) is 2.22. The third kappa shape index (κ3) is 0.855. The molecule has 0 aliphatic carbocycles. The molecule has 51 valence electrons. The van der Waals surface area contributed by atoms with Crippen molar-refractivity contribution in [2.75, 3.05) is 13.1 Å². The molecule has 1 radical (unpaired) electrons. The number of nitrogens with zero attached hydrogens (tertiary/aromatic N) is 1. The van der Waals surface area contributed by atoms with Crippen LogP contribution >= 0.6 is 0 Å². The summed E-state index contributed by atoms with van der Waals surface area (Å²) in [4.78, 5) is 2.20. The Balaban J connectivity index is 2.02. The van der Waals surface area contributed by atoms with Crippen LogP contribution in [-0.2, 0) is 0 Å². The molecule has 2 aliphatic heterocycles. The van der Waals surface area contributed by atoms with E-state index in [2.05, 4.69) is 4.90 Å². The predicted octanol–water partition coefficient (Wildman–Crippen LogP) is 1.36. The average molecular weight is 128 g/mol. The van der Waals surface area contributed by atoms with Crippen molar-refractivity contribution in [3.63, 3.8) is 0 Å². The fraction of sp³-hybridized carbons (Fsp3) is 0.857. The van der Waals surface area contributed by atoms with E-state index < -0.39 is 6.17 Å². The minimum absolute atomic E-state index is 0.555. The Morgan fingerprint density at radius 1 is 1.56 bits per heavy atom. The maximum absolute atomic E-state index is 12.6. The van der Waals surface area contributed by atoms with Gasteiger partial charge >= 0.3 is 0 Å². The maximum atomic E-state index is 12.6. The molecule has 0 aromatic carbocycles. The number of hydrogen-bond donors (Lipinski definition) is 0. The van der Waals surface area contributed by atoms with Gasteiger partial charge in [0.1, 0.15) is 6.17 Å². The standard InChI is InChI=1S/C7H11FN/c8-6-4-7-2-1-3-9(7)5-6/h6H,1-5H2/t6-/m1/s1. The van der Waals surface area contributed by atoms with E-state index in [9.17, 15) is 4.39 Å². The molecule has 9 heavy (non-hydrogen) atoms. The Kier molecular flexibility index (Phi) is 1.22. The average Bonchev–Trinajstić information content (AvgIpc) is 2.22. The molecule has 0 spiro atoms. The van der Waals surface area contributed by atoms with Crippen molar-refractivity contribution >= 4 is 0 Å². The monoisotopic (exact) mass is 128 g/mol. The highest BCUT2D eigenvalue weighted by atomic mass is 19.1. The SMILES string of the molecule is F[C@@H]1C[C]2CCCN2C1. The van der Waals surface area contributed by atoms with E-state index in [1.165, 1.54) is 12.5 Å². The van der Waals surface area contributed by atoms with Crippen molar-refractivity contribution in [1.29, 1.82) is 0 Å². The van der Waals surface area contributed by atoms with Gasteiger partial charge in [0.15, 0.2) is 0 Å². The summed E-state index contributed by atoms with van der Waals surface area (Å²) in [6.45, 7) is 1.78. The molecule has 0 N–H and O–H groups in total. The lowest BCUT2D eigenvalue weighted by Crippen LogP contribution is -2.18. The highest BCUT2D eigenvalue weighted by Crippen LogP contribution is 2.34. The summed E-state index contributed by atoms with van der Waals surface area (Å²) in [7, 11) is 0. The van der Waals surface area contributed by atoms with Gasteiger partial charge in [-0.15, -0.1) is 0 Å². The molecule has 1 nitrogen and oxygen atoms in total. The molecule has 0 unspecified atom stereocenters. The lowest BCUT2D eigenvalue weighted by atomic mass is 10.1. The molecule has 0 saturated carbocycles. The van der Waals surface area contributed by atoms with Crippen molar-refractivity contribution < 1.29 is 4.39 Å². The molecule has 2 heteroatoms. The van der Waals surface area contributed by atoms with Crippen molar-refractivity contribution in [1.82, 2.24) is 4.90 Å². The van der Waals surface area contributed by atoms with Crippen LogP contribution in [0.1, 0.15) is 19.3 Å². The highest BCUT2D eigenvalue weighted by molar-refractivity contribution is 5.03. The van der Waals surface area contributed by atoms with Crippen LogP contribution in [0.4, 0.5) is 4.39 Å². The molecular weight excluding hydrogens is 117 g/mol. The van der Waals surface area contributed by atoms with Crippen LogP contribution in [0.25, 0.3) is 0 Å². The third-order valence-electron chi connectivity index (χ3n) is 2.22. The Hall–Kier alpha value is -0.110. The summed E-state index contributed by atoms with van der Waals surface area (Å²) in [5.41, 5.74) is 0. The van der Waals surface area contributed by atoms with Gasteiger partial charge < -0.3 is 0 Å². The first-order valence-electron chi connectivity index (χ1n) is 3.60. The molecule has 1 atom stereocenters. The summed E-state index contributed by atoms with van der Waals surface area (Å²) in [6, 6.07) is 1.36. The van der Waals surface area contributed by atoms with Gasteiger partial charge in [0.25, 0.3) is 0 Å². The first-order valence-corrected chi connectivity index (χ1v) is 3.60. The Morgan fingerprint density at radius 3 is 3.22 bits per heavy atom. The summed E-state index contributed by atoms with van der Waals surface area (Å²) in [5, 5.41) is 0. The van der Waals surface area contributed by atoms with Crippen LogP contribution in [0.3, 0.4) is 0 Å². The van der Waals surface area contributed by atoms with Crippen molar-refractivity contribution in [2.45, 2.75) is 25.4 Å². The first kappa shape index (κ1) is 5.66. The van der Waals surface area contributed by atoms with E-state index in [0.717, 1.165) is 19.4 Å². The number of alkyl halides is 1. The van der Waals surface area contributed by atoms with Gasteiger partial charge in [-0.2, -0.15) is 0 Å². The zero-order valence-electron chi connectivity index (χ0n) is 5.44. The van der Waals surface area contributed by atoms with E-state index in [4.69, 9.17) is 0 Å². The second kappa shape index (κ2) is 1.94. The molecule has 2 saturated heterocycles. The molecule has 2 rings (SSSR count). The van der Waals surface area contributed by atoms with Crippen LogP contribution in [0.2, 0.25) is 0 Å². The smallest absolute Gasteiger partial charge is 0.115 e. The largest absolute Gasteiger partial charge is 0.293 e. The quantitative estimate of drug-likeness (QED) is 0.476. The summed E-state index contributed by atoms with van der Waals surface area (Å²) < 4.78 is 12.6. The lowest BCUT2D eigenvalue weighted by Gasteiger charge is -2.10. The van der Waals surface area contributed by atoms with Gasteiger partial charge in [0.2, 0.25) is 0 Å². The van der Waals surface area contributed by atoms with Crippen LogP contribution < -0.4 is 0 Å². The zero-order chi connectivity index (χ0) is 6.27. The van der Waals surface area contributed by atoms with E-state index >= 15 is 0 Å². The molecule has 0 aromatic heterocycles. The molecule has 2 aliphatic rings. The summed E-state index contributed by atoms with van der Waals surface area (Å²) >= 11 is 0. The minimum Gasteiger partial charge on any atom is -0.293 e. The van der Waals surface area contributed by atoms with Gasteiger partial charge in [-0.1, -0.05) is 0 Å². The van der Waals surface area contributed by atoms with E-state index in [1.807, 2.05) is 0 Å². The number of rotatable bonds is 0. The van der Waals surface area contributed by atoms with E-state index in [1.54, 1.807) is 0 Å². The normalized spacial score (nSPS) is 37.7. The highest BCUT2D eigenvalue weighted by Gasteiger charge is 2.35. The van der Waals surface area contributed by atoms with Gasteiger partial charge in [-0.25, -0.2) is 4.39 Å². The topological polar surface area (TPSA) is 3.24 Å². The molecular formula is C7H11FN. The van der Waals surface area contributed by atoms with Crippen LogP contribution in [0, 0.1) is 6.04 Å². The van der Waals surface area contributed by atoms with Gasteiger partial charge in [0.05, 0.1) is 0 Å². The zero-order valence-corrected chi connectivity index (χ0v) is 5.44. The summed E-state index contributed by atoms with van der Waals surface area (Å²) in [5.74, 6) is 0. The predicted molar refractivity (Wildman–Crippen MR) is 33.6 cm³/mol. The van der Waals surface area contributed by atoms with Crippen LogP contribution in [0.5, 0.6) is 0 Å². The minimum atomic E-state index is -0.555. The number of fused-ring (bicyclic) bond motifs is 1. The second-order valence-corrected chi connectivity index (χ2v) is 2.92. The Morgan fingerprint density at radius 2 is 2.44 bits per heavy atom. The van der Waals surface area contributed by atoms with Crippen LogP contribution in [0.15, 0.2) is 0 Å². The van der Waals surface area contributed by atoms with Crippen molar-refractivity contribution in [3.05, 3.63) is 6.04 Å². The Bertz CT molecular complexity index is 103. The van der Waals surface area contributed by atoms with Gasteiger partial charge in [-0.05, 0) is 19.4 Å². The summed E-state index contributed by atoms with van der Waals surface area (Å²) in [6.07, 6.45) is 2.57. The molecule has 0 aromatic rings. The Labute approximate surface area is 54.8 Å². The maximum Gasteiger partial charge on any atom is 0.115 e. The van der Waals surface area contributed by atoms with Gasteiger partial charge in [-0.3, -0.25) is 4.90 Å². The van der Waals surface area contributed by atoms with Crippen LogP contribution in [-0.4, -0.2) is 24.2 Å². The lowest BCUT2D eigenvalue weighted by molar-refractivity contribution is 0.307.